The highest BCUT2D eigenvalue weighted by atomic mass is 79.9. The van der Waals surface area contributed by atoms with Crippen LogP contribution in [0.3, 0.4) is 0 Å². The largest absolute Gasteiger partial charge is 0.481 e. The van der Waals surface area contributed by atoms with Crippen molar-refractivity contribution < 1.29 is 9.90 Å². The third-order valence-corrected chi connectivity index (χ3v) is 4.00. The number of anilines is 1. The van der Waals surface area contributed by atoms with Gasteiger partial charge in [0, 0.05) is 16.7 Å². The predicted molar refractivity (Wildman–Crippen MR) is 88.6 cm³/mol. The first-order valence-electron chi connectivity index (χ1n) is 6.87. The summed E-state index contributed by atoms with van der Waals surface area (Å²) in [6.45, 7) is 2.58. The molecule has 0 bridgehead atoms. The van der Waals surface area contributed by atoms with E-state index >= 15 is 0 Å². The van der Waals surface area contributed by atoms with E-state index in [1.54, 1.807) is 0 Å². The van der Waals surface area contributed by atoms with Gasteiger partial charge in [0.25, 0.3) is 0 Å². The van der Waals surface area contributed by atoms with Gasteiger partial charge in [0.05, 0.1) is 12.5 Å². The molecule has 2 aromatic rings. The Morgan fingerprint density at radius 2 is 1.76 bits per heavy atom. The van der Waals surface area contributed by atoms with Gasteiger partial charge in [-0.3, -0.25) is 4.79 Å². The van der Waals surface area contributed by atoms with Gasteiger partial charge >= 0.3 is 5.97 Å². The second-order valence-electron chi connectivity index (χ2n) is 4.90. The van der Waals surface area contributed by atoms with E-state index in [0.29, 0.717) is 6.54 Å². The monoisotopic (exact) mass is 347 g/mol. The first-order valence-corrected chi connectivity index (χ1v) is 7.66. The molecular weight excluding hydrogens is 330 g/mol. The van der Waals surface area contributed by atoms with Crippen LogP contribution in [0.2, 0.25) is 0 Å². The third-order valence-electron chi connectivity index (χ3n) is 3.47. The minimum absolute atomic E-state index is 0.111. The summed E-state index contributed by atoms with van der Waals surface area (Å²) in [4.78, 5) is 13.0. The number of carboxylic acids is 1. The molecule has 110 valence electrons. The molecule has 0 aliphatic carbocycles. The fourth-order valence-corrected chi connectivity index (χ4v) is 2.57. The third kappa shape index (κ3) is 4.33. The Morgan fingerprint density at radius 3 is 2.33 bits per heavy atom. The normalized spacial score (nSPS) is 11.9. The molecule has 1 N–H and O–H groups in total. The lowest BCUT2D eigenvalue weighted by Gasteiger charge is -2.31. The molecule has 2 rings (SSSR count). The predicted octanol–water partition coefficient (Wildman–Crippen LogP) is 4.49. The van der Waals surface area contributed by atoms with Gasteiger partial charge < -0.3 is 10.0 Å². The van der Waals surface area contributed by atoms with E-state index in [0.717, 1.165) is 15.7 Å². The van der Waals surface area contributed by atoms with Gasteiger partial charge in [0.15, 0.2) is 0 Å². The van der Waals surface area contributed by atoms with Crippen LogP contribution in [0.25, 0.3) is 0 Å². The van der Waals surface area contributed by atoms with Gasteiger partial charge in [0.1, 0.15) is 0 Å². The summed E-state index contributed by atoms with van der Waals surface area (Å²) in [5, 5.41) is 8.97. The van der Waals surface area contributed by atoms with Crippen molar-refractivity contribution in [1.82, 2.24) is 0 Å². The molecule has 3 nitrogen and oxygen atoms in total. The maximum Gasteiger partial charge on any atom is 0.305 e. The molecular formula is C17H18BrNO2. The molecule has 0 saturated heterocycles. The Hall–Kier alpha value is -1.81. The number of halogens is 1. The highest BCUT2D eigenvalue weighted by molar-refractivity contribution is 9.10. The van der Waals surface area contributed by atoms with Crippen molar-refractivity contribution in [2.45, 2.75) is 19.4 Å². The van der Waals surface area contributed by atoms with E-state index in [9.17, 15) is 4.79 Å². The van der Waals surface area contributed by atoms with Crippen LogP contribution in [-0.4, -0.2) is 17.6 Å². The summed E-state index contributed by atoms with van der Waals surface area (Å²) in [7, 11) is 0. The van der Waals surface area contributed by atoms with E-state index in [1.165, 1.54) is 0 Å². The van der Waals surface area contributed by atoms with Crippen LogP contribution in [0.15, 0.2) is 59.1 Å². The molecule has 21 heavy (non-hydrogen) atoms. The molecule has 0 saturated carbocycles. The Balaban J connectivity index is 2.25. The quantitative estimate of drug-likeness (QED) is 0.836. The number of hydrogen-bond acceptors (Lipinski definition) is 2. The van der Waals surface area contributed by atoms with Crippen molar-refractivity contribution in [2.24, 2.45) is 0 Å². The van der Waals surface area contributed by atoms with E-state index in [4.69, 9.17) is 5.11 Å². The molecule has 4 heteroatoms. The molecule has 1 atom stereocenters. The minimum atomic E-state index is -0.779. The first kappa shape index (κ1) is 15.6. The lowest BCUT2D eigenvalue weighted by atomic mass is 10.1. The van der Waals surface area contributed by atoms with Crippen LogP contribution in [0.1, 0.15) is 24.9 Å². The van der Waals surface area contributed by atoms with Gasteiger partial charge in [-0.2, -0.15) is 0 Å². The molecule has 0 fully saturated rings. The summed E-state index contributed by atoms with van der Waals surface area (Å²) in [5.41, 5.74) is 2.20. The maximum absolute atomic E-state index is 10.9. The Labute approximate surface area is 133 Å². The molecule has 2 aromatic carbocycles. The van der Waals surface area contributed by atoms with Crippen LogP contribution in [0.5, 0.6) is 0 Å². The zero-order valence-corrected chi connectivity index (χ0v) is 13.5. The highest BCUT2D eigenvalue weighted by Gasteiger charge is 2.17. The van der Waals surface area contributed by atoms with Crippen molar-refractivity contribution in [3.8, 4) is 0 Å². The number of carboxylic acid groups (broad SMARTS) is 1. The highest BCUT2D eigenvalue weighted by Crippen LogP contribution is 2.27. The second kappa shape index (κ2) is 7.27. The van der Waals surface area contributed by atoms with Crippen LogP contribution in [0.4, 0.5) is 5.69 Å². The minimum Gasteiger partial charge on any atom is -0.481 e. The van der Waals surface area contributed by atoms with E-state index in [2.05, 4.69) is 39.9 Å². The average Bonchev–Trinajstić information content (AvgIpc) is 2.49. The van der Waals surface area contributed by atoms with Crippen molar-refractivity contribution in [1.29, 1.82) is 0 Å². The van der Waals surface area contributed by atoms with Crippen molar-refractivity contribution in [3.63, 3.8) is 0 Å². The second-order valence-corrected chi connectivity index (χ2v) is 5.82. The van der Waals surface area contributed by atoms with Gasteiger partial charge in [-0.15, -0.1) is 0 Å². The number of para-hydroxylation sites is 1. The fourth-order valence-electron chi connectivity index (χ4n) is 2.30. The number of nitrogens with zero attached hydrogens (tertiary/aromatic N) is 1. The van der Waals surface area contributed by atoms with E-state index in [-0.39, 0.29) is 12.5 Å². The SMILES string of the molecule is CC(c1ccc(Br)cc1)N(CCC(=O)O)c1ccccc1. The Kier molecular flexibility index (Phi) is 5.39. The summed E-state index contributed by atoms with van der Waals surface area (Å²) >= 11 is 3.44. The average molecular weight is 348 g/mol. The van der Waals surface area contributed by atoms with Crippen LogP contribution >= 0.6 is 15.9 Å². The molecule has 0 radical (unpaired) electrons. The van der Waals surface area contributed by atoms with Crippen LogP contribution in [-0.2, 0) is 4.79 Å². The maximum atomic E-state index is 10.9. The topological polar surface area (TPSA) is 40.5 Å². The molecule has 0 aromatic heterocycles. The Bertz CT molecular complexity index is 583. The van der Waals surface area contributed by atoms with Crippen LogP contribution in [0, 0.1) is 0 Å². The fraction of sp³-hybridized carbons (Fsp3) is 0.235. The van der Waals surface area contributed by atoms with Gasteiger partial charge in [0.2, 0.25) is 0 Å². The molecule has 1 unspecified atom stereocenters. The summed E-state index contributed by atoms with van der Waals surface area (Å²) < 4.78 is 1.04. The Morgan fingerprint density at radius 1 is 1.14 bits per heavy atom. The van der Waals surface area contributed by atoms with Gasteiger partial charge in [-0.1, -0.05) is 46.3 Å². The smallest absolute Gasteiger partial charge is 0.305 e. The molecule has 0 heterocycles. The van der Waals surface area contributed by atoms with Crippen molar-refractivity contribution in [2.75, 3.05) is 11.4 Å². The number of carbonyl (C=O) groups is 1. The lowest BCUT2D eigenvalue weighted by molar-refractivity contribution is -0.136. The first-order chi connectivity index (χ1) is 10.1. The zero-order valence-electron chi connectivity index (χ0n) is 11.9. The number of benzene rings is 2. The summed E-state index contributed by atoms with van der Waals surface area (Å²) in [6.07, 6.45) is 0.121. The lowest BCUT2D eigenvalue weighted by Crippen LogP contribution is -2.29. The zero-order chi connectivity index (χ0) is 15.2. The van der Waals surface area contributed by atoms with Gasteiger partial charge in [-0.05, 0) is 36.8 Å². The molecule has 0 aliphatic heterocycles. The van der Waals surface area contributed by atoms with E-state index in [1.807, 2.05) is 42.5 Å². The number of rotatable bonds is 6. The molecule has 0 amide bonds. The summed E-state index contributed by atoms with van der Waals surface area (Å²) in [5.74, 6) is -0.779. The number of aliphatic carboxylic acids is 1. The summed E-state index contributed by atoms with van der Waals surface area (Å²) in [6, 6.07) is 18.2. The molecule has 0 spiro atoms. The van der Waals surface area contributed by atoms with Crippen molar-refractivity contribution in [3.05, 3.63) is 64.6 Å². The van der Waals surface area contributed by atoms with Crippen molar-refractivity contribution >= 4 is 27.6 Å². The van der Waals surface area contributed by atoms with E-state index < -0.39 is 5.97 Å². The van der Waals surface area contributed by atoms with Gasteiger partial charge in [-0.25, -0.2) is 0 Å². The standard InChI is InChI=1S/C17H18BrNO2/c1-13(14-7-9-15(18)10-8-14)19(12-11-17(20)21)16-5-3-2-4-6-16/h2-10,13H,11-12H2,1H3,(H,20,21). The molecule has 0 aliphatic rings. The van der Waals surface area contributed by atoms with Crippen LogP contribution < -0.4 is 4.90 Å². The number of hydrogen-bond donors (Lipinski definition) is 1.